The van der Waals surface area contributed by atoms with Crippen molar-refractivity contribution in [1.29, 1.82) is 0 Å². The molecule has 0 aliphatic carbocycles. The summed E-state index contributed by atoms with van der Waals surface area (Å²) in [7, 11) is 0. The first-order chi connectivity index (χ1) is 10.8. The Hall–Kier alpha value is -1.15. The summed E-state index contributed by atoms with van der Waals surface area (Å²) in [5.74, 6) is 0.756. The Bertz CT molecular complexity index is 627. The zero-order valence-electron chi connectivity index (χ0n) is 12.4. The van der Waals surface area contributed by atoms with E-state index in [1.54, 1.807) is 23.1 Å². The van der Waals surface area contributed by atoms with Gasteiger partial charge in [-0.2, -0.15) is 0 Å². The number of aromatic nitrogens is 2. The van der Waals surface area contributed by atoms with E-state index in [-0.39, 0.29) is 6.61 Å². The van der Waals surface area contributed by atoms with Gasteiger partial charge in [-0.3, -0.25) is 4.98 Å². The lowest BCUT2D eigenvalue weighted by Crippen LogP contribution is -2.36. The predicted molar refractivity (Wildman–Crippen MR) is 88.4 cm³/mol. The number of ether oxygens (including phenoxy) is 1. The monoisotopic (exact) mass is 336 g/mol. The lowest BCUT2D eigenvalue weighted by Gasteiger charge is -2.28. The van der Waals surface area contributed by atoms with Gasteiger partial charge >= 0.3 is 0 Å². The van der Waals surface area contributed by atoms with Crippen LogP contribution >= 0.6 is 23.1 Å². The first kappa shape index (κ1) is 15.7. The zero-order valence-corrected chi connectivity index (χ0v) is 14.0. The summed E-state index contributed by atoms with van der Waals surface area (Å²) < 4.78 is 6.35. The number of aliphatic hydroxyl groups is 1. The molecule has 7 heteroatoms. The molecule has 0 amide bonds. The molecule has 3 rings (SSSR count). The van der Waals surface area contributed by atoms with E-state index in [9.17, 15) is 5.11 Å². The second kappa shape index (κ2) is 7.41. The molecule has 1 radical (unpaired) electrons. The molecule has 1 fully saturated rings. The number of anilines is 1. The van der Waals surface area contributed by atoms with Gasteiger partial charge in [0.25, 0.3) is 0 Å². The molecule has 2 aromatic heterocycles. The molecular weight excluding hydrogens is 318 g/mol. The highest BCUT2D eigenvalue weighted by Crippen LogP contribution is 2.29. The molecule has 0 bridgehead atoms. The number of aliphatic hydroxyl groups excluding tert-OH is 1. The van der Waals surface area contributed by atoms with Crippen LogP contribution in [0.2, 0.25) is 0 Å². The molecule has 117 valence electrons. The molecule has 1 aliphatic heterocycles. The maximum atomic E-state index is 9.20. The van der Waals surface area contributed by atoms with Crippen molar-refractivity contribution < 1.29 is 9.84 Å². The van der Waals surface area contributed by atoms with E-state index in [0.717, 1.165) is 58.3 Å². The highest BCUT2D eigenvalue weighted by molar-refractivity contribution is 8.00. The normalized spacial score (nSPS) is 15.3. The van der Waals surface area contributed by atoms with Crippen LogP contribution in [0.5, 0.6) is 0 Å². The van der Waals surface area contributed by atoms with Crippen molar-refractivity contribution in [3.05, 3.63) is 34.6 Å². The maximum absolute atomic E-state index is 9.20. The van der Waals surface area contributed by atoms with Crippen molar-refractivity contribution in [3.8, 4) is 0 Å². The van der Waals surface area contributed by atoms with Crippen LogP contribution in [-0.2, 0) is 17.1 Å². The van der Waals surface area contributed by atoms with Crippen molar-refractivity contribution in [3.63, 3.8) is 0 Å². The van der Waals surface area contributed by atoms with Crippen molar-refractivity contribution in [1.82, 2.24) is 9.97 Å². The van der Waals surface area contributed by atoms with E-state index in [2.05, 4.69) is 27.1 Å². The summed E-state index contributed by atoms with van der Waals surface area (Å²) in [6, 6.07) is 4.04. The first-order valence-corrected chi connectivity index (χ1v) is 8.96. The minimum absolute atomic E-state index is 0.00143. The fourth-order valence-electron chi connectivity index (χ4n) is 2.25. The van der Waals surface area contributed by atoms with Gasteiger partial charge in [0.15, 0.2) is 4.34 Å². The van der Waals surface area contributed by atoms with E-state index in [4.69, 9.17) is 4.74 Å². The van der Waals surface area contributed by atoms with Crippen LogP contribution in [-0.4, -0.2) is 41.4 Å². The number of aryl methyl sites for hydroxylation is 1. The van der Waals surface area contributed by atoms with Gasteiger partial charge in [0, 0.05) is 29.4 Å². The van der Waals surface area contributed by atoms with Gasteiger partial charge in [-0.15, -0.1) is 11.3 Å². The number of pyridine rings is 1. The van der Waals surface area contributed by atoms with Gasteiger partial charge in [0.1, 0.15) is 0 Å². The molecule has 0 aromatic carbocycles. The highest BCUT2D eigenvalue weighted by Gasteiger charge is 2.12. The van der Waals surface area contributed by atoms with Crippen molar-refractivity contribution in [2.45, 2.75) is 23.6 Å². The molecular formula is C15H18N3O2S2. The summed E-state index contributed by atoms with van der Waals surface area (Å²) >= 11 is 3.27. The highest BCUT2D eigenvalue weighted by atomic mass is 32.2. The molecule has 0 spiro atoms. The fourth-order valence-corrected chi connectivity index (χ4v) is 4.28. The van der Waals surface area contributed by atoms with Crippen LogP contribution in [0.25, 0.3) is 0 Å². The lowest BCUT2D eigenvalue weighted by atomic mass is 10.3. The van der Waals surface area contributed by atoms with Crippen LogP contribution in [0.15, 0.2) is 16.5 Å². The van der Waals surface area contributed by atoms with Crippen LogP contribution in [0, 0.1) is 13.1 Å². The molecule has 1 N–H and O–H groups in total. The van der Waals surface area contributed by atoms with Crippen LogP contribution in [0.4, 0.5) is 5.69 Å². The number of rotatable bonds is 5. The first-order valence-electron chi connectivity index (χ1n) is 7.16. The third-order valence-electron chi connectivity index (χ3n) is 3.48. The molecule has 22 heavy (non-hydrogen) atoms. The lowest BCUT2D eigenvalue weighted by molar-refractivity contribution is 0.122. The van der Waals surface area contributed by atoms with E-state index >= 15 is 0 Å². The third-order valence-corrected chi connectivity index (χ3v) is 5.67. The summed E-state index contributed by atoms with van der Waals surface area (Å²) in [5.41, 5.74) is 2.92. The standard InChI is InChI=1S/C15H18N3O2S2/c1-11-14(9-19)17-15(22-11)21-10-12-8-13(2-3-16-12)18-4-6-20-7-5-18/h2,8,19H,4-7,9-10H2,1H3. The van der Waals surface area contributed by atoms with Crippen molar-refractivity contribution >= 4 is 28.8 Å². The summed E-state index contributed by atoms with van der Waals surface area (Å²) in [5, 5.41) is 9.20. The number of hydrogen-bond donors (Lipinski definition) is 1. The molecule has 0 saturated carbocycles. The SMILES string of the molecule is Cc1sc(SCc2cc(N3CCOCC3)c[c]n2)nc1CO. The summed E-state index contributed by atoms with van der Waals surface area (Å²) in [4.78, 5) is 12.1. The van der Waals surface area contributed by atoms with Gasteiger partial charge in [-0.1, -0.05) is 11.8 Å². The number of hydrogen-bond acceptors (Lipinski definition) is 7. The van der Waals surface area contributed by atoms with Gasteiger partial charge in [0.05, 0.1) is 37.4 Å². The Morgan fingerprint density at radius 1 is 1.45 bits per heavy atom. The Morgan fingerprint density at radius 3 is 3.00 bits per heavy atom. The minimum Gasteiger partial charge on any atom is -0.390 e. The fraction of sp³-hybridized carbons (Fsp3) is 0.467. The van der Waals surface area contributed by atoms with Gasteiger partial charge in [-0.25, -0.2) is 4.98 Å². The Kier molecular flexibility index (Phi) is 5.30. The van der Waals surface area contributed by atoms with Crippen molar-refractivity contribution in [2.24, 2.45) is 0 Å². The van der Waals surface area contributed by atoms with E-state index < -0.39 is 0 Å². The van der Waals surface area contributed by atoms with Gasteiger partial charge in [0.2, 0.25) is 0 Å². The molecule has 1 saturated heterocycles. The molecule has 0 unspecified atom stereocenters. The zero-order chi connectivity index (χ0) is 15.4. The largest absolute Gasteiger partial charge is 0.390 e. The smallest absolute Gasteiger partial charge is 0.150 e. The molecule has 1 aliphatic rings. The van der Waals surface area contributed by atoms with Crippen molar-refractivity contribution in [2.75, 3.05) is 31.2 Å². The topological polar surface area (TPSA) is 58.5 Å². The summed E-state index contributed by atoms with van der Waals surface area (Å²) in [6.07, 6.45) is 2.99. The van der Waals surface area contributed by atoms with E-state index in [1.807, 2.05) is 13.0 Å². The third kappa shape index (κ3) is 3.78. The number of thiazole rings is 1. The predicted octanol–water partition coefficient (Wildman–Crippen LogP) is 2.27. The molecule has 2 aromatic rings. The maximum Gasteiger partial charge on any atom is 0.150 e. The Balaban J connectivity index is 1.64. The minimum atomic E-state index is 0.00143. The Labute approximate surface area is 138 Å². The van der Waals surface area contributed by atoms with E-state index in [1.165, 1.54) is 0 Å². The number of thioether (sulfide) groups is 1. The second-order valence-electron chi connectivity index (χ2n) is 4.97. The average molecular weight is 336 g/mol. The summed E-state index contributed by atoms with van der Waals surface area (Å²) in [6.45, 7) is 5.36. The van der Waals surface area contributed by atoms with Crippen LogP contribution in [0.3, 0.4) is 0 Å². The second-order valence-corrected chi connectivity index (χ2v) is 7.40. The molecule has 5 nitrogen and oxygen atoms in total. The molecule has 3 heterocycles. The Morgan fingerprint density at radius 2 is 2.27 bits per heavy atom. The van der Waals surface area contributed by atoms with Gasteiger partial charge < -0.3 is 14.7 Å². The van der Waals surface area contributed by atoms with E-state index in [0.29, 0.717) is 0 Å². The quantitative estimate of drug-likeness (QED) is 0.845. The number of morpholine rings is 1. The van der Waals surface area contributed by atoms with Crippen LogP contribution < -0.4 is 4.90 Å². The number of nitrogens with zero attached hydrogens (tertiary/aromatic N) is 3. The van der Waals surface area contributed by atoms with Crippen LogP contribution in [0.1, 0.15) is 16.3 Å². The molecule has 0 atom stereocenters. The average Bonchev–Trinajstić information content (AvgIpc) is 2.94. The van der Waals surface area contributed by atoms with Gasteiger partial charge in [-0.05, 0) is 19.1 Å².